The predicted molar refractivity (Wildman–Crippen MR) is 55.1 cm³/mol. The van der Waals surface area contributed by atoms with Gasteiger partial charge < -0.3 is 10.2 Å². The van der Waals surface area contributed by atoms with Gasteiger partial charge in [0.15, 0.2) is 0 Å². The van der Waals surface area contributed by atoms with E-state index in [1.165, 1.54) is 11.1 Å². The molecule has 0 saturated carbocycles. The van der Waals surface area contributed by atoms with E-state index in [9.17, 15) is 5.11 Å². The van der Waals surface area contributed by atoms with Gasteiger partial charge in [0.2, 0.25) is 0 Å². The summed E-state index contributed by atoms with van der Waals surface area (Å²) in [5.74, 6) is 0. The molecule has 0 aromatic heterocycles. The zero-order valence-electron chi connectivity index (χ0n) is 8.24. The molecule has 0 saturated heterocycles. The first-order valence-electron chi connectivity index (χ1n) is 5.13. The second-order valence-corrected chi connectivity index (χ2v) is 4.14. The minimum absolute atomic E-state index is 0.0681. The standard InChI is InChI=1S/C12H16O2/c13-8-7-12(14)6-5-10-3-1-2-4-11(10)9-12/h1-4,13-14H,5-9H2/t12-/m1/s1. The number of rotatable bonds is 2. The van der Waals surface area contributed by atoms with Crippen LogP contribution in [-0.4, -0.2) is 22.4 Å². The van der Waals surface area contributed by atoms with Crippen molar-refractivity contribution in [2.75, 3.05) is 6.61 Å². The maximum atomic E-state index is 10.2. The van der Waals surface area contributed by atoms with Crippen LogP contribution in [0.25, 0.3) is 0 Å². The summed E-state index contributed by atoms with van der Waals surface area (Å²) >= 11 is 0. The fraction of sp³-hybridized carbons (Fsp3) is 0.500. The van der Waals surface area contributed by atoms with Crippen molar-refractivity contribution in [3.05, 3.63) is 35.4 Å². The van der Waals surface area contributed by atoms with Crippen LogP contribution in [-0.2, 0) is 12.8 Å². The SMILES string of the molecule is OCC[C@]1(O)CCc2ccccc2C1. The van der Waals surface area contributed by atoms with Crippen molar-refractivity contribution < 1.29 is 10.2 Å². The van der Waals surface area contributed by atoms with E-state index in [2.05, 4.69) is 12.1 Å². The smallest absolute Gasteiger partial charge is 0.0713 e. The lowest BCUT2D eigenvalue weighted by atomic mass is 9.79. The number of fused-ring (bicyclic) bond motifs is 1. The summed E-state index contributed by atoms with van der Waals surface area (Å²) in [5, 5.41) is 19.0. The van der Waals surface area contributed by atoms with Crippen LogP contribution in [0.4, 0.5) is 0 Å². The van der Waals surface area contributed by atoms with Gasteiger partial charge in [0.1, 0.15) is 0 Å². The van der Waals surface area contributed by atoms with Crippen LogP contribution in [0, 0.1) is 0 Å². The van der Waals surface area contributed by atoms with Crippen molar-refractivity contribution in [3.63, 3.8) is 0 Å². The van der Waals surface area contributed by atoms with E-state index < -0.39 is 5.60 Å². The molecule has 1 aromatic carbocycles. The maximum Gasteiger partial charge on any atom is 0.0713 e. The van der Waals surface area contributed by atoms with Crippen LogP contribution >= 0.6 is 0 Å². The minimum atomic E-state index is -0.677. The second kappa shape index (κ2) is 3.71. The normalized spacial score (nSPS) is 25.9. The highest BCUT2D eigenvalue weighted by molar-refractivity contribution is 5.31. The van der Waals surface area contributed by atoms with Crippen molar-refractivity contribution in [2.45, 2.75) is 31.3 Å². The molecule has 1 aliphatic carbocycles. The van der Waals surface area contributed by atoms with E-state index in [0.717, 1.165) is 12.8 Å². The number of hydrogen-bond donors (Lipinski definition) is 2. The average Bonchev–Trinajstić information content (AvgIpc) is 2.17. The van der Waals surface area contributed by atoms with Crippen LogP contribution in [0.15, 0.2) is 24.3 Å². The Hall–Kier alpha value is -0.860. The molecule has 76 valence electrons. The molecule has 2 rings (SSSR count). The highest BCUT2D eigenvalue weighted by atomic mass is 16.3. The molecule has 0 fully saturated rings. The predicted octanol–water partition coefficient (Wildman–Crippen LogP) is 1.29. The van der Waals surface area contributed by atoms with Crippen molar-refractivity contribution in [1.29, 1.82) is 0 Å². The molecule has 0 aliphatic heterocycles. The van der Waals surface area contributed by atoms with Crippen LogP contribution in [0.5, 0.6) is 0 Å². The second-order valence-electron chi connectivity index (χ2n) is 4.14. The van der Waals surface area contributed by atoms with Crippen molar-refractivity contribution in [3.8, 4) is 0 Å². The summed E-state index contributed by atoms with van der Waals surface area (Å²) in [4.78, 5) is 0. The average molecular weight is 192 g/mol. The number of aliphatic hydroxyl groups is 2. The summed E-state index contributed by atoms with van der Waals surface area (Å²) < 4.78 is 0. The van der Waals surface area contributed by atoms with Gasteiger partial charge in [0, 0.05) is 13.0 Å². The molecule has 0 spiro atoms. The van der Waals surface area contributed by atoms with E-state index in [0.29, 0.717) is 12.8 Å². The lowest BCUT2D eigenvalue weighted by Crippen LogP contribution is -2.36. The van der Waals surface area contributed by atoms with E-state index in [1.807, 2.05) is 12.1 Å². The molecule has 0 heterocycles. The van der Waals surface area contributed by atoms with Gasteiger partial charge in [-0.15, -0.1) is 0 Å². The Balaban J connectivity index is 2.20. The molecule has 2 heteroatoms. The minimum Gasteiger partial charge on any atom is -0.396 e. The number of aryl methyl sites for hydroxylation is 1. The van der Waals surface area contributed by atoms with Crippen LogP contribution in [0.1, 0.15) is 24.0 Å². The molecular formula is C12H16O2. The highest BCUT2D eigenvalue weighted by Gasteiger charge is 2.30. The van der Waals surface area contributed by atoms with E-state index in [4.69, 9.17) is 5.11 Å². The Morgan fingerprint density at radius 1 is 1.21 bits per heavy atom. The lowest BCUT2D eigenvalue weighted by molar-refractivity contribution is 0.00359. The van der Waals surface area contributed by atoms with Gasteiger partial charge in [-0.2, -0.15) is 0 Å². The lowest BCUT2D eigenvalue weighted by Gasteiger charge is -2.33. The number of hydrogen-bond acceptors (Lipinski definition) is 2. The molecule has 0 amide bonds. The molecule has 0 radical (unpaired) electrons. The molecule has 1 aliphatic rings. The van der Waals surface area contributed by atoms with Crippen molar-refractivity contribution >= 4 is 0 Å². The third-order valence-electron chi connectivity index (χ3n) is 3.07. The van der Waals surface area contributed by atoms with E-state index in [1.54, 1.807) is 0 Å². The number of benzene rings is 1. The van der Waals surface area contributed by atoms with Gasteiger partial charge in [0.25, 0.3) is 0 Å². The van der Waals surface area contributed by atoms with Crippen molar-refractivity contribution in [1.82, 2.24) is 0 Å². The molecule has 2 nitrogen and oxygen atoms in total. The Bertz CT molecular complexity index is 322. The van der Waals surface area contributed by atoms with E-state index in [-0.39, 0.29) is 6.61 Å². The first kappa shape index (κ1) is 9.69. The van der Waals surface area contributed by atoms with Crippen LogP contribution in [0.3, 0.4) is 0 Å². The Morgan fingerprint density at radius 3 is 2.64 bits per heavy atom. The Labute approximate surface area is 84.2 Å². The molecule has 1 atom stereocenters. The fourth-order valence-electron chi connectivity index (χ4n) is 2.21. The van der Waals surface area contributed by atoms with Crippen molar-refractivity contribution in [2.24, 2.45) is 0 Å². The topological polar surface area (TPSA) is 40.5 Å². The first-order chi connectivity index (χ1) is 6.73. The molecule has 0 bridgehead atoms. The fourth-order valence-corrected chi connectivity index (χ4v) is 2.21. The monoisotopic (exact) mass is 192 g/mol. The zero-order valence-corrected chi connectivity index (χ0v) is 8.24. The Kier molecular flexibility index (Phi) is 2.57. The van der Waals surface area contributed by atoms with E-state index >= 15 is 0 Å². The third kappa shape index (κ3) is 1.81. The van der Waals surface area contributed by atoms with Crippen LogP contribution in [0.2, 0.25) is 0 Å². The van der Waals surface area contributed by atoms with Gasteiger partial charge >= 0.3 is 0 Å². The highest BCUT2D eigenvalue weighted by Crippen LogP contribution is 2.30. The third-order valence-corrected chi connectivity index (χ3v) is 3.07. The van der Waals surface area contributed by atoms with Crippen LogP contribution < -0.4 is 0 Å². The molecule has 14 heavy (non-hydrogen) atoms. The van der Waals surface area contributed by atoms with Gasteiger partial charge in [-0.05, 0) is 30.4 Å². The molecule has 0 unspecified atom stereocenters. The summed E-state index contributed by atoms with van der Waals surface area (Å²) in [7, 11) is 0. The summed E-state index contributed by atoms with van der Waals surface area (Å²) in [5.41, 5.74) is 1.90. The van der Waals surface area contributed by atoms with Gasteiger partial charge in [-0.25, -0.2) is 0 Å². The van der Waals surface area contributed by atoms with Gasteiger partial charge in [-0.3, -0.25) is 0 Å². The van der Waals surface area contributed by atoms with Gasteiger partial charge in [0.05, 0.1) is 5.60 Å². The quantitative estimate of drug-likeness (QED) is 0.741. The molecular weight excluding hydrogens is 176 g/mol. The molecule has 1 aromatic rings. The first-order valence-corrected chi connectivity index (χ1v) is 5.13. The summed E-state index contributed by atoms with van der Waals surface area (Å²) in [6, 6.07) is 8.23. The maximum absolute atomic E-state index is 10.2. The summed E-state index contributed by atoms with van der Waals surface area (Å²) in [6.45, 7) is 0.0681. The Morgan fingerprint density at radius 2 is 1.93 bits per heavy atom. The number of aliphatic hydroxyl groups excluding tert-OH is 1. The van der Waals surface area contributed by atoms with Gasteiger partial charge in [-0.1, -0.05) is 24.3 Å². The summed E-state index contributed by atoms with van der Waals surface area (Å²) in [6.07, 6.45) is 2.86. The largest absolute Gasteiger partial charge is 0.396 e. The zero-order chi connectivity index (χ0) is 10.0. The molecule has 2 N–H and O–H groups in total.